The zero-order valence-electron chi connectivity index (χ0n) is 10.5. The molecule has 0 saturated carbocycles. The lowest BCUT2D eigenvalue weighted by atomic mass is 10.1. The summed E-state index contributed by atoms with van der Waals surface area (Å²) >= 11 is 3.49. The Morgan fingerprint density at radius 2 is 2.12 bits per heavy atom. The number of nitrogens with zero attached hydrogens (tertiary/aromatic N) is 1. The normalized spacial score (nSPS) is 12.5. The third-order valence-corrected chi connectivity index (χ3v) is 3.18. The molecule has 1 atom stereocenters. The third kappa shape index (κ3) is 3.98. The van der Waals surface area contributed by atoms with Crippen LogP contribution in [0.1, 0.15) is 31.9 Å². The summed E-state index contributed by atoms with van der Waals surface area (Å²) in [6.07, 6.45) is 1.05. The molecule has 0 aliphatic rings. The quantitative estimate of drug-likeness (QED) is 0.849. The van der Waals surface area contributed by atoms with Gasteiger partial charge >= 0.3 is 0 Å². The number of rotatable bonds is 6. The van der Waals surface area contributed by atoms with Gasteiger partial charge in [-0.15, -0.1) is 0 Å². The number of nitrogens with two attached hydrogens (primary N) is 1. The highest BCUT2D eigenvalue weighted by molar-refractivity contribution is 9.10. The SMILES string of the molecule is CCCN(CCO)c1cc(Br)ccc1C(C)N. The molecule has 0 heterocycles. The van der Waals surface area contributed by atoms with Crippen molar-refractivity contribution in [1.29, 1.82) is 0 Å². The van der Waals surface area contributed by atoms with Crippen molar-refractivity contribution < 1.29 is 5.11 Å². The van der Waals surface area contributed by atoms with Gasteiger partial charge in [0.05, 0.1) is 6.61 Å². The molecule has 0 aromatic heterocycles. The van der Waals surface area contributed by atoms with Crippen LogP contribution >= 0.6 is 15.9 Å². The van der Waals surface area contributed by atoms with Gasteiger partial charge in [0.15, 0.2) is 0 Å². The lowest BCUT2D eigenvalue weighted by Crippen LogP contribution is -2.29. The molecule has 1 rings (SSSR count). The Morgan fingerprint density at radius 3 is 2.65 bits per heavy atom. The highest BCUT2D eigenvalue weighted by Gasteiger charge is 2.13. The van der Waals surface area contributed by atoms with Gasteiger partial charge in [0, 0.05) is 29.3 Å². The maximum absolute atomic E-state index is 9.14. The molecule has 1 unspecified atom stereocenters. The van der Waals surface area contributed by atoms with Gasteiger partial charge in [-0.3, -0.25) is 0 Å². The molecule has 0 bridgehead atoms. The molecule has 4 heteroatoms. The summed E-state index contributed by atoms with van der Waals surface area (Å²) in [7, 11) is 0. The van der Waals surface area contributed by atoms with Crippen LogP contribution in [0.4, 0.5) is 5.69 Å². The maximum atomic E-state index is 9.14. The van der Waals surface area contributed by atoms with E-state index in [-0.39, 0.29) is 12.6 Å². The van der Waals surface area contributed by atoms with Crippen molar-refractivity contribution in [3.8, 4) is 0 Å². The number of hydrogen-bond donors (Lipinski definition) is 2. The molecule has 1 aromatic rings. The molecule has 0 fully saturated rings. The molecule has 0 aliphatic heterocycles. The molecule has 1 aromatic carbocycles. The van der Waals surface area contributed by atoms with Crippen LogP contribution in [-0.4, -0.2) is 24.8 Å². The number of halogens is 1. The molecule has 0 radical (unpaired) electrons. The van der Waals surface area contributed by atoms with Crippen LogP contribution in [0.15, 0.2) is 22.7 Å². The Hall–Kier alpha value is -0.580. The van der Waals surface area contributed by atoms with Crippen LogP contribution in [-0.2, 0) is 0 Å². The van der Waals surface area contributed by atoms with E-state index in [9.17, 15) is 0 Å². The van der Waals surface area contributed by atoms with Crippen molar-refractivity contribution >= 4 is 21.6 Å². The molecular weight excluding hydrogens is 280 g/mol. The number of aliphatic hydroxyl groups excluding tert-OH is 1. The molecule has 3 N–H and O–H groups in total. The van der Waals surface area contributed by atoms with Gasteiger partial charge in [-0.2, -0.15) is 0 Å². The van der Waals surface area contributed by atoms with Gasteiger partial charge in [0.1, 0.15) is 0 Å². The summed E-state index contributed by atoms with van der Waals surface area (Å²) in [5.41, 5.74) is 8.23. The van der Waals surface area contributed by atoms with Crippen molar-refractivity contribution in [1.82, 2.24) is 0 Å². The van der Waals surface area contributed by atoms with Gasteiger partial charge in [0.25, 0.3) is 0 Å². The van der Waals surface area contributed by atoms with Crippen LogP contribution in [0.25, 0.3) is 0 Å². The number of anilines is 1. The summed E-state index contributed by atoms with van der Waals surface area (Å²) in [5, 5.41) is 9.14. The predicted octanol–water partition coefficient (Wildman–Crippen LogP) is 2.68. The van der Waals surface area contributed by atoms with Gasteiger partial charge in [0.2, 0.25) is 0 Å². The molecule has 3 nitrogen and oxygen atoms in total. The molecule has 96 valence electrons. The highest BCUT2D eigenvalue weighted by Crippen LogP contribution is 2.28. The first-order valence-corrected chi connectivity index (χ1v) is 6.80. The van der Waals surface area contributed by atoms with Gasteiger partial charge in [-0.25, -0.2) is 0 Å². The molecule has 0 saturated heterocycles. The second kappa shape index (κ2) is 6.99. The van der Waals surface area contributed by atoms with Crippen LogP contribution < -0.4 is 10.6 Å². The fourth-order valence-corrected chi connectivity index (χ4v) is 2.27. The fourth-order valence-electron chi connectivity index (χ4n) is 1.92. The number of benzene rings is 1. The summed E-state index contributed by atoms with van der Waals surface area (Å²) in [6, 6.07) is 6.12. The van der Waals surface area contributed by atoms with Gasteiger partial charge in [-0.1, -0.05) is 28.9 Å². The van der Waals surface area contributed by atoms with E-state index in [0.29, 0.717) is 6.54 Å². The largest absolute Gasteiger partial charge is 0.395 e. The monoisotopic (exact) mass is 300 g/mol. The second-order valence-corrected chi connectivity index (χ2v) is 5.12. The Bertz CT molecular complexity index is 349. The summed E-state index contributed by atoms with van der Waals surface area (Å²) < 4.78 is 1.04. The van der Waals surface area contributed by atoms with E-state index >= 15 is 0 Å². The first-order chi connectivity index (χ1) is 8.10. The second-order valence-electron chi connectivity index (χ2n) is 4.20. The third-order valence-electron chi connectivity index (χ3n) is 2.69. The van der Waals surface area contributed by atoms with Crippen molar-refractivity contribution in [3.63, 3.8) is 0 Å². The highest BCUT2D eigenvalue weighted by atomic mass is 79.9. The Labute approximate surface area is 112 Å². The van der Waals surface area contributed by atoms with E-state index < -0.39 is 0 Å². The maximum Gasteiger partial charge on any atom is 0.0606 e. The lowest BCUT2D eigenvalue weighted by molar-refractivity contribution is 0.301. The zero-order chi connectivity index (χ0) is 12.8. The van der Waals surface area contributed by atoms with E-state index in [1.54, 1.807) is 0 Å². The van der Waals surface area contributed by atoms with E-state index in [1.165, 1.54) is 0 Å². The minimum Gasteiger partial charge on any atom is -0.395 e. The number of aliphatic hydroxyl groups is 1. The predicted molar refractivity (Wildman–Crippen MR) is 76.3 cm³/mol. The minimum absolute atomic E-state index is 0.00357. The smallest absolute Gasteiger partial charge is 0.0606 e. The van der Waals surface area contributed by atoms with Crippen LogP contribution in [0.5, 0.6) is 0 Å². The minimum atomic E-state index is -0.00357. The van der Waals surface area contributed by atoms with Gasteiger partial charge in [-0.05, 0) is 31.0 Å². The van der Waals surface area contributed by atoms with E-state index in [0.717, 1.165) is 28.7 Å². The average molecular weight is 301 g/mol. The van der Waals surface area contributed by atoms with E-state index in [1.807, 2.05) is 19.1 Å². The topological polar surface area (TPSA) is 49.5 Å². The van der Waals surface area contributed by atoms with Crippen LogP contribution in [0.3, 0.4) is 0 Å². The molecule has 0 amide bonds. The first-order valence-electron chi connectivity index (χ1n) is 6.01. The number of hydrogen-bond acceptors (Lipinski definition) is 3. The zero-order valence-corrected chi connectivity index (χ0v) is 12.1. The van der Waals surface area contributed by atoms with Crippen molar-refractivity contribution in [3.05, 3.63) is 28.2 Å². The summed E-state index contributed by atoms with van der Waals surface area (Å²) in [6.45, 7) is 5.84. The average Bonchev–Trinajstić information content (AvgIpc) is 2.28. The standard InChI is InChI=1S/C13H21BrN2O/c1-3-6-16(7-8-17)13-9-11(14)4-5-12(13)10(2)15/h4-5,9-10,17H,3,6-8,15H2,1-2H3. The van der Waals surface area contributed by atoms with Crippen molar-refractivity contribution in [2.24, 2.45) is 5.73 Å². The molecule has 0 aliphatic carbocycles. The van der Waals surface area contributed by atoms with E-state index in [4.69, 9.17) is 10.8 Å². The Morgan fingerprint density at radius 1 is 1.41 bits per heavy atom. The van der Waals surface area contributed by atoms with Crippen molar-refractivity contribution in [2.45, 2.75) is 26.3 Å². The first kappa shape index (κ1) is 14.5. The van der Waals surface area contributed by atoms with E-state index in [2.05, 4.69) is 33.8 Å². The Kier molecular flexibility index (Phi) is 5.95. The molecule has 17 heavy (non-hydrogen) atoms. The molecular formula is C13H21BrN2O. The van der Waals surface area contributed by atoms with Crippen LogP contribution in [0, 0.1) is 0 Å². The van der Waals surface area contributed by atoms with Crippen molar-refractivity contribution in [2.75, 3.05) is 24.6 Å². The summed E-state index contributed by atoms with van der Waals surface area (Å²) in [5.74, 6) is 0. The fraction of sp³-hybridized carbons (Fsp3) is 0.538. The Balaban J connectivity index is 3.09. The summed E-state index contributed by atoms with van der Waals surface area (Å²) in [4.78, 5) is 2.18. The van der Waals surface area contributed by atoms with Crippen LogP contribution in [0.2, 0.25) is 0 Å². The lowest BCUT2D eigenvalue weighted by Gasteiger charge is -2.27. The van der Waals surface area contributed by atoms with Gasteiger partial charge < -0.3 is 15.7 Å². The molecule has 0 spiro atoms.